The molecule has 0 aromatic heterocycles. The van der Waals surface area contributed by atoms with E-state index in [1.807, 2.05) is 0 Å². The van der Waals surface area contributed by atoms with Gasteiger partial charge in [0.05, 0.1) is 13.2 Å². The van der Waals surface area contributed by atoms with Gasteiger partial charge in [-0.1, -0.05) is 39.5 Å². The van der Waals surface area contributed by atoms with Crippen molar-refractivity contribution < 1.29 is 4.74 Å². The maximum absolute atomic E-state index is 5.47. The summed E-state index contributed by atoms with van der Waals surface area (Å²) in [7, 11) is 0. The molecular weight excluding hydrogens is 174 g/mol. The topological polar surface area (TPSA) is 21.3 Å². The second-order valence-electron chi connectivity index (χ2n) is 4.46. The molecule has 0 bridgehead atoms. The first-order valence-electron chi connectivity index (χ1n) is 6.15. The van der Waals surface area contributed by atoms with E-state index in [2.05, 4.69) is 19.2 Å². The lowest BCUT2D eigenvalue weighted by molar-refractivity contribution is 0.0576. The highest BCUT2D eigenvalue weighted by Crippen LogP contribution is 2.15. The van der Waals surface area contributed by atoms with Gasteiger partial charge in [0.2, 0.25) is 0 Å². The molecule has 14 heavy (non-hydrogen) atoms. The number of unbranched alkanes of at least 4 members (excludes halogenated alkanes) is 3. The van der Waals surface area contributed by atoms with E-state index >= 15 is 0 Å². The van der Waals surface area contributed by atoms with E-state index in [1.165, 1.54) is 32.1 Å². The van der Waals surface area contributed by atoms with Crippen molar-refractivity contribution in [3.63, 3.8) is 0 Å². The smallest absolute Gasteiger partial charge is 0.0622 e. The first-order chi connectivity index (χ1) is 6.84. The Balaban J connectivity index is 2.04. The first-order valence-corrected chi connectivity index (χ1v) is 6.15. The Morgan fingerprint density at radius 1 is 1.36 bits per heavy atom. The molecule has 0 saturated carbocycles. The van der Waals surface area contributed by atoms with Crippen molar-refractivity contribution in [1.29, 1.82) is 0 Å². The van der Waals surface area contributed by atoms with Gasteiger partial charge in [0.1, 0.15) is 0 Å². The highest BCUT2D eigenvalue weighted by atomic mass is 16.5. The molecule has 0 aromatic rings. The van der Waals surface area contributed by atoms with Crippen molar-refractivity contribution in [3.05, 3.63) is 0 Å². The molecule has 0 aliphatic carbocycles. The van der Waals surface area contributed by atoms with Gasteiger partial charge in [-0.2, -0.15) is 0 Å². The number of nitrogens with one attached hydrogen (secondary N) is 1. The van der Waals surface area contributed by atoms with E-state index < -0.39 is 0 Å². The zero-order valence-corrected chi connectivity index (χ0v) is 9.72. The van der Waals surface area contributed by atoms with E-state index in [0.717, 1.165) is 25.7 Å². The fraction of sp³-hybridized carbons (Fsp3) is 1.00. The Labute approximate surface area is 88.4 Å². The van der Waals surface area contributed by atoms with Crippen molar-refractivity contribution in [3.8, 4) is 0 Å². The van der Waals surface area contributed by atoms with Gasteiger partial charge in [0, 0.05) is 12.6 Å². The van der Waals surface area contributed by atoms with Gasteiger partial charge in [0.25, 0.3) is 0 Å². The van der Waals surface area contributed by atoms with Crippen LogP contribution in [0.4, 0.5) is 0 Å². The molecule has 1 fully saturated rings. The van der Waals surface area contributed by atoms with Gasteiger partial charge in [-0.05, 0) is 12.3 Å². The average Bonchev–Trinajstić information content (AvgIpc) is 2.25. The van der Waals surface area contributed by atoms with Crippen LogP contribution in [0.15, 0.2) is 0 Å². The van der Waals surface area contributed by atoms with Crippen molar-refractivity contribution >= 4 is 0 Å². The minimum atomic E-state index is 0.602. The maximum atomic E-state index is 5.47. The van der Waals surface area contributed by atoms with Gasteiger partial charge >= 0.3 is 0 Å². The minimum Gasteiger partial charge on any atom is -0.379 e. The highest BCUT2D eigenvalue weighted by molar-refractivity contribution is 4.75. The van der Waals surface area contributed by atoms with Crippen molar-refractivity contribution in [2.24, 2.45) is 5.92 Å². The number of hydrogen-bond acceptors (Lipinski definition) is 2. The quantitative estimate of drug-likeness (QED) is 0.664. The Morgan fingerprint density at radius 2 is 2.21 bits per heavy atom. The third kappa shape index (κ3) is 4.43. The summed E-state index contributed by atoms with van der Waals surface area (Å²) in [5.74, 6) is 0.771. The van der Waals surface area contributed by atoms with Crippen LogP contribution in [0.5, 0.6) is 0 Å². The number of morpholine rings is 1. The van der Waals surface area contributed by atoms with E-state index in [4.69, 9.17) is 4.74 Å². The summed E-state index contributed by atoms with van der Waals surface area (Å²) < 4.78 is 5.47. The first kappa shape index (κ1) is 12.0. The van der Waals surface area contributed by atoms with Crippen LogP contribution in [0.3, 0.4) is 0 Å². The lowest BCUT2D eigenvalue weighted by Gasteiger charge is -2.29. The molecule has 84 valence electrons. The summed E-state index contributed by atoms with van der Waals surface area (Å²) in [4.78, 5) is 0. The van der Waals surface area contributed by atoms with Crippen LogP contribution in [-0.2, 0) is 4.74 Å². The number of rotatable bonds is 6. The predicted molar refractivity (Wildman–Crippen MR) is 60.5 cm³/mol. The lowest BCUT2D eigenvalue weighted by Crippen LogP contribution is -2.45. The summed E-state index contributed by atoms with van der Waals surface area (Å²) in [5.41, 5.74) is 0. The standard InChI is InChI=1S/C12H25NO/c1-3-4-5-6-7-11(2)12-10-14-9-8-13-12/h11-13H,3-10H2,1-2H3. The van der Waals surface area contributed by atoms with Gasteiger partial charge < -0.3 is 10.1 Å². The third-order valence-corrected chi connectivity index (χ3v) is 3.15. The summed E-state index contributed by atoms with van der Waals surface area (Å²) in [6.45, 7) is 7.44. The number of ether oxygens (including phenoxy) is 1. The van der Waals surface area contributed by atoms with E-state index in [0.29, 0.717) is 6.04 Å². The molecule has 1 heterocycles. The molecule has 0 aromatic carbocycles. The van der Waals surface area contributed by atoms with Crippen LogP contribution >= 0.6 is 0 Å². The van der Waals surface area contributed by atoms with Crippen molar-refractivity contribution in [1.82, 2.24) is 5.32 Å². The second-order valence-corrected chi connectivity index (χ2v) is 4.46. The Bertz CT molecular complexity index is 132. The SMILES string of the molecule is CCCCCCC(C)C1COCCN1. The second kappa shape index (κ2) is 7.24. The zero-order chi connectivity index (χ0) is 10.2. The maximum Gasteiger partial charge on any atom is 0.0622 e. The van der Waals surface area contributed by atoms with Gasteiger partial charge in [0.15, 0.2) is 0 Å². The average molecular weight is 199 g/mol. The molecule has 1 aliphatic rings. The summed E-state index contributed by atoms with van der Waals surface area (Å²) in [5, 5.41) is 3.53. The largest absolute Gasteiger partial charge is 0.379 e. The number of hydrogen-bond donors (Lipinski definition) is 1. The monoisotopic (exact) mass is 199 g/mol. The van der Waals surface area contributed by atoms with Gasteiger partial charge in [-0.25, -0.2) is 0 Å². The lowest BCUT2D eigenvalue weighted by atomic mass is 9.95. The van der Waals surface area contributed by atoms with E-state index in [-0.39, 0.29) is 0 Å². The van der Waals surface area contributed by atoms with Crippen LogP contribution in [0.2, 0.25) is 0 Å². The summed E-state index contributed by atoms with van der Waals surface area (Å²) in [6.07, 6.45) is 6.85. The third-order valence-electron chi connectivity index (χ3n) is 3.15. The predicted octanol–water partition coefficient (Wildman–Crippen LogP) is 2.58. The zero-order valence-electron chi connectivity index (χ0n) is 9.72. The Morgan fingerprint density at radius 3 is 2.86 bits per heavy atom. The van der Waals surface area contributed by atoms with Crippen LogP contribution < -0.4 is 5.32 Å². The van der Waals surface area contributed by atoms with Gasteiger partial charge in [-0.3, -0.25) is 0 Å². The molecule has 0 spiro atoms. The molecule has 2 unspecified atom stereocenters. The van der Waals surface area contributed by atoms with Crippen molar-refractivity contribution in [2.75, 3.05) is 19.8 Å². The molecule has 1 aliphatic heterocycles. The molecule has 2 heteroatoms. The minimum absolute atomic E-state index is 0.602. The Hall–Kier alpha value is -0.0800. The molecular formula is C12H25NO. The summed E-state index contributed by atoms with van der Waals surface area (Å²) >= 11 is 0. The van der Waals surface area contributed by atoms with Crippen LogP contribution in [0.25, 0.3) is 0 Å². The van der Waals surface area contributed by atoms with Crippen LogP contribution in [0.1, 0.15) is 46.0 Å². The van der Waals surface area contributed by atoms with Gasteiger partial charge in [-0.15, -0.1) is 0 Å². The molecule has 0 amide bonds. The molecule has 0 radical (unpaired) electrons. The molecule has 2 nitrogen and oxygen atoms in total. The fourth-order valence-electron chi connectivity index (χ4n) is 2.05. The normalized spacial score (nSPS) is 24.9. The molecule has 1 saturated heterocycles. The molecule has 2 atom stereocenters. The van der Waals surface area contributed by atoms with Crippen molar-refractivity contribution in [2.45, 2.75) is 52.0 Å². The molecule has 1 rings (SSSR count). The van der Waals surface area contributed by atoms with E-state index in [9.17, 15) is 0 Å². The highest BCUT2D eigenvalue weighted by Gasteiger charge is 2.19. The fourth-order valence-corrected chi connectivity index (χ4v) is 2.05. The summed E-state index contributed by atoms with van der Waals surface area (Å²) in [6, 6.07) is 0.602. The van der Waals surface area contributed by atoms with Crippen LogP contribution in [0, 0.1) is 5.92 Å². The molecule has 1 N–H and O–H groups in total. The Kier molecular flexibility index (Phi) is 6.20. The van der Waals surface area contributed by atoms with Crippen LogP contribution in [-0.4, -0.2) is 25.8 Å². The van der Waals surface area contributed by atoms with E-state index in [1.54, 1.807) is 0 Å².